The summed E-state index contributed by atoms with van der Waals surface area (Å²) < 4.78 is 18.9. The van der Waals surface area contributed by atoms with Crippen LogP contribution in [0.4, 0.5) is 10.1 Å². The fraction of sp³-hybridized carbons (Fsp3) is 0.0667. The molecule has 2 aromatic carbocycles. The predicted octanol–water partition coefficient (Wildman–Crippen LogP) is 3.05. The molecule has 0 radical (unpaired) electrons. The lowest BCUT2D eigenvalue weighted by atomic mass is 10.1. The van der Waals surface area contributed by atoms with Gasteiger partial charge in [0.2, 0.25) is 0 Å². The predicted molar refractivity (Wildman–Crippen MR) is 73.4 cm³/mol. The molecule has 4 nitrogen and oxygen atoms in total. The summed E-state index contributed by atoms with van der Waals surface area (Å²) in [6.45, 7) is 0. The average Bonchev–Trinajstić information content (AvgIpc) is 2.88. The first-order valence-electron chi connectivity index (χ1n) is 6.15. The van der Waals surface area contributed by atoms with Crippen molar-refractivity contribution in [3.8, 4) is 11.5 Å². The van der Waals surface area contributed by atoms with E-state index in [-0.39, 0.29) is 17.1 Å². The van der Waals surface area contributed by atoms with Gasteiger partial charge in [-0.25, -0.2) is 4.39 Å². The van der Waals surface area contributed by atoms with Crippen LogP contribution in [0.5, 0.6) is 0 Å². The summed E-state index contributed by atoms with van der Waals surface area (Å²) in [5.41, 5.74) is 7.23. The number of hydrogen-bond donors (Lipinski definition) is 1. The highest BCUT2D eigenvalue weighted by Crippen LogP contribution is 2.27. The van der Waals surface area contributed by atoms with Gasteiger partial charge in [0.15, 0.2) is 5.82 Å². The van der Waals surface area contributed by atoms with Crippen molar-refractivity contribution in [1.82, 2.24) is 10.1 Å². The minimum absolute atomic E-state index is 0.103. The molecule has 1 aromatic heterocycles. The third-order valence-corrected chi connectivity index (χ3v) is 2.93. The lowest BCUT2D eigenvalue weighted by molar-refractivity contribution is 0.422. The van der Waals surface area contributed by atoms with Crippen molar-refractivity contribution in [2.75, 3.05) is 5.73 Å². The second-order valence-corrected chi connectivity index (χ2v) is 4.38. The maximum atomic E-state index is 13.8. The van der Waals surface area contributed by atoms with E-state index in [2.05, 4.69) is 10.1 Å². The molecule has 0 aliphatic rings. The van der Waals surface area contributed by atoms with Gasteiger partial charge < -0.3 is 10.3 Å². The van der Waals surface area contributed by atoms with E-state index >= 15 is 0 Å². The molecule has 0 saturated heterocycles. The van der Waals surface area contributed by atoms with Gasteiger partial charge in [-0.05, 0) is 17.7 Å². The molecule has 0 saturated carbocycles. The van der Waals surface area contributed by atoms with Crippen molar-refractivity contribution in [2.45, 2.75) is 6.42 Å². The molecule has 1 heterocycles. The summed E-state index contributed by atoms with van der Waals surface area (Å²) in [6.07, 6.45) is 0.526. The maximum absolute atomic E-state index is 13.8. The molecule has 0 amide bonds. The fourth-order valence-electron chi connectivity index (χ4n) is 1.97. The van der Waals surface area contributed by atoms with Gasteiger partial charge in [0.1, 0.15) is 5.82 Å². The minimum Gasteiger partial charge on any atom is -0.398 e. The maximum Gasteiger partial charge on any atom is 0.263 e. The van der Waals surface area contributed by atoms with Crippen LogP contribution in [-0.2, 0) is 6.42 Å². The zero-order valence-corrected chi connectivity index (χ0v) is 10.6. The van der Waals surface area contributed by atoms with Crippen molar-refractivity contribution in [3.05, 3.63) is 65.7 Å². The molecule has 0 atom stereocenters. The molecule has 100 valence electrons. The molecule has 20 heavy (non-hydrogen) atoms. The zero-order valence-electron chi connectivity index (χ0n) is 10.6. The summed E-state index contributed by atoms with van der Waals surface area (Å²) in [6, 6.07) is 14.2. The Morgan fingerprint density at radius 3 is 2.60 bits per heavy atom. The molecule has 5 heteroatoms. The monoisotopic (exact) mass is 269 g/mol. The Hall–Kier alpha value is -2.69. The first-order valence-corrected chi connectivity index (χ1v) is 6.15. The highest BCUT2D eigenvalue weighted by atomic mass is 19.1. The van der Waals surface area contributed by atoms with Crippen LogP contribution in [0.3, 0.4) is 0 Å². The highest BCUT2D eigenvalue weighted by Gasteiger charge is 2.16. The van der Waals surface area contributed by atoms with Crippen LogP contribution in [0, 0.1) is 5.82 Å². The number of aromatic nitrogens is 2. The molecule has 3 aromatic rings. The van der Waals surface area contributed by atoms with Gasteiger partial charge in [-0.15, -0.1) is 0 Å². The van der Waals surface area contributed by atoms with Crippen molar-refractivity contribution in [3.63, 3.8) is 0 Å². The molecule has 0 unspecified atom stereocenters. The Labute approximate surface area is 115 Å². The smallest absolute Gasteiger partial charge is 0.263 e. The number of rotatable bonds is 3. The van der Waals surface area contributed by atoms with Gasteiger partial charge >= 0.3 is 0 Å². The van der Waals surface area contributed by atoms with Crippen molar-refractivity contribution in [2.24, 2.45) is 0 Å². The Morgan fingerprint density at radius 1 is 1.05 bits per heavy atom. The second-order valence-electron chi connectivity index (χ2n) is 4.38. The average molecular weight is 269 g/mol. The fourth-order valence-corrected chi connectivity index (χ4v) is 1.97. The number of hydrogen-bond acceptors (Lipinski definition) is 4. The van der Waals surface area contributed by atoms with Gasteiger partial charge in [-0.3, -0.25) is 0 Å². The first kappa shape index (κ1) is 12.3. The Bertz CT molecular complexity index is 705. The second kappa shape index (κ2) is 5.13. The van der Waals surface area contributed by atoms with Crippen LogP contribution in [0.25, 0.3) is 11.5 Å². The van der Waals surface area contributed by atoms with Crippen molar-refractivity contribution < 1.29 is 8.91 Å². The van der Waals surface area contributed by atoms with E-state index in [1.54, 1.807) is 6.07 Å². The molecule has 0 aliphatic heterocycles. The molecular weight excluding hydrogens is 257 g/mol. The lowest BCUT2D eigenvalue weighted by Gasteiger charge is -2.00. The van der Waals surface area contributed by atoms with Crippen LogP contribution in [0.15, 0.2) is 53.1 Å². The van der Waals surface area contributed by atoms with Gasteiger partial charge in [0.25, 0.3) is 5.89 Å². The third-order valence-electron chi connectivity index (χ3n) is 2.93. The quantitative estimate of drug-likeness (QED) is 0.742. The SMILES string of the molecule is Nc1cccc(F)c1-c1nc(Cc2ccccc2)no1. The van der Waals surface area contributed by atoms with E-state index in [1.807, 2.05) is 30.3 Å². The third kappa shape index (κ3) is 2.38. The molecule has 0 spiro atoms. The summed E-state index contributed by atoms with van der Waals surface area (Å²) in [4.78, 5) is 4.20. The topological polar surface area (TPSA) is 64.9 Å². The van der Waals surface area contributed by atoms with E-state index in [4.69, 9.17) is 10.3 Å². The molecule has 2 N–H and O–H groups in total. The summed E-state index contributed by atoms with van der Waals surface area (Å²) in [7, 11) is 0. The Morgan fingerprint density at radius 2 is 1.85 bits per heavy atom. The summed E-state index contributed by atoms with van der Waals surface area (Å²) in [5.74, 6) is 0.125. The highest BCUT2D eigenvalue weighted by molar-refractivity contribution is 5.70. The minimum atomic E-state index is -0.472. The van der Waals surface area contributed by atoms with Gasteiger partial charge in [0, 0.05) is 12.1 Å². The molecule has 0 bridgehead atoms. The summed E-state index contributed by atoms with van der Waals surface area (Å²) >= 11 is 0. The van der Waals surface area contributed by atoms with E-state index in [1.165, 1.54) is 12.1 Å². The van der Waals surface area contributed by atoms with Crippen LogP contribution in [-0.4, -0.2) is 10.1 Å². The number of nitrogens with zero attached hydrogens (tertiary/aromatic N) is 2. The molecule has 3 rings (SSSR count). The number of anilines is 1. The normalized spacial score (nSPS) is 10.7. The van der Waals surface area contributed by atoms with Crippen LogP contribution in [0.2, 0.25) is 0 Å². The van der Waals surface area contributed by atoms with Crippen molar-refractivity contribution in [1.29, 1.82) is 0 Å². The van der Waals surface area contributed by atoms with Gasteiger partial charge in [-0.1, -0.05) is 41.6 Å². The Kier molecular flexibility index (Phi) is 3.16. The van der Waals surface area contributed by atoms with E-state index < -0.39 is 5.82 Å². The summed E-state index contributed by atoms with van der Waals surface area (Å²) in [5, 5.41) is 3.86. The van der Waals surface area contributed by atoms with Gasteiger partial charge in [0.05, 0.1) is 5.56 Å². The van der Waals surface area contributed by atoms with E-state index in [9.17, 15) is 4.39 Å². The lowest BCUT2D eigenvalue weighted by Crippen LogP contribution is -1.94. The molecule has 0 fully saturated rings. The Balaban J connectivity index is 1.91. The molecule has 0 aliphatic carbocycles. The number of nitrogens with two attached hydrogens (primary N) is 1. The van der Waals surface area contributed by atoms with Crippen molar-refractivity contribution >= 4 is 5.69 Å². The van der Waals surface area contributed by atoms with Gasteiger partial charge in [-0.2, -0.15) is 4.98 Å². The van der Waals surface area contributed by atoms with Crippen LogP contribution >= 0.6 is 0 Å². The zero-order chi connectivity index (χ0) is 13.9. The first-order chi connectivity index (χ1) is 9.74. The number of halogens is 1. The van der Waals surface area contributed by atoms with Crippen LogP contribution < -0.4 is 5.73 Å². The van der Waals surface area contributed by atoms with E-state index in [0.29, 0.717) is 12.2 Å². The standard InChI is InChI=1S/C15H12FN3O/c16-11-7-4-8-12(17)14(11)15-18-13(19-20-15)9-10-5-2-1-3-6-10/h1-8H,9,17H2. The molecular formula is C15H12FN3O. The van der Waals surface area contributed by atoms with Crippen LogP contribution in [0.1, 0.15) is 11.4 Å². The largest absolute Gasteiger partial charge is 0.398 e. The van der Waals surface area contributed by atoms with E-state index in [0.717, 1.165) is 5.56 Å². The number of benzene rings is 2. The number of nitrogen functional groups attached to an aromatic ring is 1.